The number of rotatable bonds is 9. The molecule has 0 aliphatic heterocycles. The highest BCUT2D eigenvalue weighted by Gasteiger charge is 2.29. The zero-order chi connectivity index (χ0) is 26.3. The first-order chi connectivity index (χ1) is 17.1. The predicted molar refractivity (Wildman–Crippen MR) is 135 cm³/mol. The van der Waals surface area contributed by atoms with E-state index in [1.807, 2.05) is 60.7 Å². The van der Waals surface area contributed by atoms with Crippen molar-refractivity contribution < 1.29 is 24.2 Å². The van der Waals surface area contributed by atoms with Gasteiger partial charge in [0.05, 0.1) is 6.04 Å². The Balaban J connectivity index is 1.97. The molecule has 0 radical (unpaired) electrons. The van der Waals surface area contributed by atoms with Gasteiger partial charge < -0.3 is 19.7 Å². The van der Waals surface area contributed by atoms with Crippen LogP contribution in [0.2, 0.25) is 0 Å². The van der Waals surface area contributed by atoms with Crippen molar-refractivity contribution in [1.82, 2.24) is 9.88 Å². The van der Waals surface area contributed by atoms with Gasteiger partial charge in [-0.2, -0.15) is 0 Å². The average Bonchev–Trinajstić information content (AvgIpc) is 2.83. The van der Waals surface area contributed by atoms with Gasteiger partial charge in [0.2, 0.25) is 0 Å². The number of hydrogen-bond donors (Lipinski definition) is 2. The molecule has 1 heterocycles. The quantitative estimate of drug-likeness (QED) is 0.441. The number of carboxylic acid groups (broad SMARTS) is 1. The number of aliphatic carboxylic acids is 1. The van der Waals surface area contributed by atoms with Crippen LogP contribution in [-0.2, 0) is 14.3 Å². The van der Waals surface area contributed by atoms with E-state index in [-0.39, 0.29) is 18.4 Å². The summed E-state index contributed by atoms with van der Waals surface area (Å²) in [6.07, 6.45) is 1.08. The number of carboxylic acids is 1. The standard InChI is InChI=1S/C28H30N2O6/c1-28(2,3)36-27(35)22(16-17-23(31)32)29-25(33)21-15-10-18-30(26(21)34)24(19-11-6-4-7-12-19)20-13-8-5-9-14-20/h4-15,18,22,24H,16-17H2,1-3H3,(H,29,33)(H,31,32)/t22-/m0/s1. The number of nitrogens with one attached hydrogen (secondary N) is 1. The Bertz CT molecular complexity index is 1220. The number of aromatic nitrogens is 1. The maximum absolute atomic E-state index is 13.5. The fourth-order valence-corrected chi connectivity index (χ4v) is 3.80. The molecule has 0 aliphatic rings. The van der Waals surface area contributed by atoms with Crippen LogP contribution >= 0.6 is 0 Å². The van der Waals surface area contributed by atoms with Gasteiger partial charge >= 0.3 is 11.9 Å². The van der Waals surface area contributed by atoms with Crippen molar-refractivity contribution in [3.63, 3.8) is 0 Å². The minimum Gasteiger partial charge on any atom is -0.481 e. The maximum atomic E-state index is 13.5. The van der Waals surface area contributed by atoms with Crippen LogP contribution in [0.4, 0.5) is 0 Å². The summed E-state index contributed by atoms with van der Waals surface area (Å²) in [5.41, 5.74) is 0.168. The molecule has 8 nitrogen and oxygen atoms in total. The topological polar surface area (TPSA) is 115 Å². The first-order valence-electron chi connectivity index (χ1n) is 11.6. The Morgan fingerprint density at radius 3 is 1.97 bits per heavy atom. The molecule has 2 aromatic carbocycles. The summed E-state index contributed by atoms with van der Waals surface area (Å²) in [6, 6.07) is 20.1. The molecule has 3 rings (SSSR count). The summed E-state index contributed by atoms with van der Waals surface area (Å²) in [6.45, 7) is 5.01. The summed E-state index contributed by atoms with van der Waals surface area (Å²) in [5, 5.41) is 11.6. The second-order valence-corrected chi connectivity index (χ2v) is 9.35. The molecule has 0 saturated carbocycles. The second kappa shape index (κ2) is 11.5. The van der Waals surface area contributed by atoms with Crippen LogP contribution in [-0.4, -0.2) is 39.2 Å². The number of ether oxygens (including phenoxy) is 1. The SMILES string of the molecule is CC(C)(C)OC(=O)[C@H](CCC(=O)O)NC(=O)c1cccn(C(c2ccccc2)c2ccccc2)c1=O. The normalized spacial score (nSPS) is 12.1. The molecule has 188 valence electrons. The Hall–Kier alpha value is -4.20. The third-order valence-electron chi connectivity index (χ3n) is 5.37. The molecular formula is C28H30N2O6. The van der Waals surface area contributed by atoms with Gasteiger partial charge in [-0.05, 0) is 50.5 Å². The van der Waals surface area contributed by atoms with Gasteiger partial charge in [-0.25, -0.2) is 4.79 Å². The Kier molecular flexibility index (Phi) is 8.42. The molecule has 0 fully saturated rings. The minimum absolute atomic E-state index is 0.168. The van der Waals surface area contributed by atoms with E-state index in [0.29, 0.717) is 0 Å². The van der Waals surface area contributed by atoms with E-state index in [4.69, 9.17) is 9.84 Å². The molecule has 3 aromatic rings. The lowest BCUT2D eigenvalue weighted by Crippen LogP contribution is -2.46. The molecule has 8 heteroatoms. The van der Waals surface area contributed by atoms with Crippen LogP contribution in [0.5, 0.6) is 0 Å². The van der Waals surface area contributed by atoms with E-state index in [0.717, 1.165) is 11.1 Å². The number of amides is 1. The van der Waals surface area contributed by atoms with Gasteiger partial charge in [-0.3, -0.25) is 14.4 Å². The van der Waals surface area contributed by atoms with Crippen molar-refractivity contribution in [2.45, 2.75) is 51.3 Å². The molecule has 1 amide bonds. The summed E-state index contributed by atoms with van der Waals surface area (Å²) in [4.78, 5) is 50.4. The van der Waals surface area contributed by atoms with Crippen LogP contribution in [0, 0.1) is 0 Å². The smallest absolute Gasteiger partial charge is 0.329 e. The van der Waals surface area contributed by atoms with E-state index in [1.54, 1.807) is 33.0 Å². The van der Waals surface area contributed by atoms with Crippen LogP contribution in [0.25, 0.3) is 0 Å². The monoisotopic (exact) mass is 490 g/mol. The molecular weight excluding hydrogens is 460 g/mol. The number of carbonyl (C=O) groups excluding carboxylic acids is 2. The van der Waals surface area contributed by atoms with Gasteiger partial charge in [-0.1, -0.05) is 60.7 Å². The molecule has 0 unspecified atom stereocenters. The molecule has 0 spiro atoms. The van der Waals surface area contributed by atoms with Gasteiger partial charge in [0.15, 0.2) is 0 Å². The summed E-state index contributed by atoms with van der Waals surface area (Å²) < 4.78 is 6.82. The fourth-order valence-electron chi connectivity index (χ4n) is 3.80. The lowest BCUT2D eigenvalue weighted by atomic mass is 9.98. The highest BCUT2D eigenvalue weighted by Crippen LogP contribution is 2.25. The van der Waals surface area contributed by atoms with E-state index < -0.39 is 41.1 Å². The van der Waals surface area contributed by atoms with Crippen molar-refractivity contribution in [2.24, 2.45) is 0 Å². The van der Waals surface area contributed by atoms with Crippen molar-refractivity contribution >= 4 is 17.8 Å². The lowest BCUT2D eigenvalue weighted by Gasteiger charge is -2.25. The number of benzene rings is 2. The van der Waals surface area contributed by atoms with Crippen LogP contribution in [0.1, 0.15) is 61.1 Å². The number of carbonyl (C=O) groups is 3. The van der Waals surface area contributed by atoms with Crippen molar-refractivity contribution in [3.8, 4) is 0 Å². The van der Waals surface area contributed by atoms with Crippen LogP contribution in [0.3, 0.4) is 0 Å². The van der Waals surface area contributed by atoms with Gasteiger partial charge in [-0.15, -0.1) is 0 Å². The number of pyridine rings is 1. The zero-order valence-electron chi connectivity index (χ0n) is 20.5. The lowest BCUT2D eigenvalue weighted by molar-refractivity contribution is -0.157. The van der Waals surface area contributed by atoms with Gasteiger partial charge in [0, 0.05) is 12.6 Å². The first kappa shape index (κ1) is 26.4. The highest BCUT2D eigenvalue weighted by molar-refractivity contribution is 5.96. The number of hydrogen-bond acceptors (Lipinski definition) is 5. The number of nitrogens with zero attached hydrogens (tertiary/aromatic N) is 1. The predicted octanol–water partition coefficient (Wildman–Crippen LogP) is 3.79. The summed E-state index contributed by atoms with van der Waals surface area (Å²) in [5.74, 6) is -2.66. The van der Waals surface area contributed by atoms with Crippen molar-refractivity contribution in [3.05, 3.63) is 106 Å². The van der Waals surface area contributed by atoms with Gasteiger partial charge in [0.1, 0.15) is 17.2 Å². The molecule has 36 heavy (non-hydrogen) atoms. The Morgan fingerprint density at radius 2 is 1.47 bits per heavy atom. The van der Waals surface area contributed by atoms with E-state index >= 15 is 0 Å². The average molecular weight is 491 g/mol. The highest BCUT2D eigenvalue weighted by atomic mass is 16.6. The van der Waals surface area contributed by atoms with Crippen molar-refractivity contribution in [2.75, 3.05) is 0 Å². The van der Waals surface area contributed by atoms with Crippen LogP contribution in [0.15, 0.2) is 83.8 Å². The molecule has 0 bridgehead atoms. The molecule has 1 aromatic heterocycles. The summed E-state index contributed by atoms with van der Waals surface area (Å²) >= 11 is 0. The van der Waals surface area contributed by atoms with E-state index in [9.17, 15) is 19.2 Å². The number of esters is 1. The Labute approximate surface area is 209 Å². The fraction of sp³-hybridized carbons (Fsp3) is 0.286. The second-order valence-electron chi connectivity index (χ2n) is 9.35. The molecule has 0 saturated heterocycles. The summed E-state index contributed by atoms with van der Waals surface area (Å²) in [7, 11) is 0. The molecule has 0 aliphatic carbocycles. The largest absolute Gasteiger partial charge is 0.481 e. The van der Waals surface area contributed by atoms with Crippen molar-refractivity contribution in [1.29, 1.82) is 0 Å². The van der Waals surface area contributed by atoms with E-state index in [2.05, 4.69) is 5.32 Å². The third-order valence-corrected chi connectivity index (χ3v) is 5.37. The molecule has 1 atom stereocenters. The first-order valence-corrected chi connectivity index (χ1v) is 11.6. The zero-order valence-corrected chi connectivity index (χ0v) is 20.5. The minimum atomic E-state index is -1.22. The van der Waals surface area contributed by atoms with Crippen LogP contribution < -0.4 is 10.9 Å². The van der Waals surface area contributed by atoms with Gasteiger partial charge in [0.25, 0.3) is 11.5 Å². The maximum Gasteiger partial charge on any atom is 0.329 e. The Morgan fingerprint density at radius 1 is 0.917 bits per heavy atom. The third kappa shape index (κ3) is 6.91. The molecule has 2 N–H and O–H groups in total. The van der Waals surface area contributed by atoms with E-state index in [1.165, 1.54) is 10.6 Å².